The van der Waals surface area contributed by atoms with Gasteiger partial charge in [0.15, 0.2) is 5.16 Å². The van der Waals surface area contributed by atoms with Crippen LogP contribution in [0.3, 0.4) is 0 Å². The highest BCUT2D eigenvalue weighted by atomic mass is 32.2. The van der Waals surface area contributed by atoms with Gasteiger partial charge in [-0.25, -0.2) is 0 Å². The summed E-state index contributed by atoms with van der Waals surface area (Å²) in [6.45, 7) is 8.82. The lowest BCUT2D eigenvalue weighted by Crippen LogP contribution is -2.36. The third-order valence-electron chi connectivity index (χ3n) is 5.51. The van der Waals surface area contributed by atoms with E-state index in [1.807, 2.05) is 29.7 Å². The van der Waals surface area contributed by atoms with Crippen LogP contribution < -0.4 is 5.32 Å². The van der Waals surface area contributed by atoms with Gasteiger partial charge in [0.2, 0.25) is 5.91 Å². The minimum absolute atomic E-state index is 0.0210. The molecule has 168 valence electrons. The lowest BCUT2D eigenvalue weighted by Gasteiger charge is -2.27. The molecule has 0 spiro atoms. The molecule has 0 atom stereocenters. The van der Waals surface area contributed by atoms with Crippen LogP contribution in [0.4, 0.5) is 0 Å². The molecule has 0 aliphatic carbocycles. The topological polar surface area (TPSA) is 72.3 Å². The number of benzene rings is 2. The minimum atomic E-state index is -0.0210. The van der Waals surface area contributed by atoms with Gasteiger partial charge in [0.05, 0.1) is 19.0 Å². The summed E-state index contributed by atoms with van der Waals surface area (Å²) in [4.78, 5) is 15.0. The number of morpholine rings is 1. The van der Waals surface area contributed by atoms with Crippen LogP contribution in [0.1, 0.15) is 22.5 Å². The number of nitrogens with one attached hydrogen (secondary N) is 1. The maximum atomic E-state index is 12.6. The highest BCUT2D eigenvalue weighted by Crippen LogP contribution is 2.22. The normalized spacial score (nSPS) is 14.4. The third kappa shape index (κ3) is 5.76. The lowest BCUT2D eigenvalue weighted by atomic mass is 10.1. The van der Waals surface area contributed by atoms with Crippen molar-refractivity contribution in [1.82, 2.24) is 25.0 Å². The molecule has 7 nitrogen and oxygen atoms in total. The fourth-order valence-corrected chi connectivity index (χ4v) is 4.51. The summed E-state index contributed by atoms with van der Waals surface area (Å²) in [5, 5.41) is 12.2. The summed E-state index contributed by atoms with van der Waals surface area (Å²) in [6.07, 6.45) is 0. The Bertz CT molecular complexity index is 1040. The number of aromatic nitrogens is 3. The lowest BCUT2D eigenvalue weighted by molar-refractivity contribution is -0.118. The van der Waals surface area contributed by atoms with E-state index in [1.54, 1.807) is 0 Å². The summed E-state index contributed by atoms with van der Waals surface area (Å²) in [5.74, 6) is 1.07. The zero-order chi connectivity index (χ0) is 22.3. The predicted molar refractivity (Wildman–Crippen MR) is 126 cm³/mol. The molecular weight excluding hydrogens is 422 g/mol. The first-order valence-corrected chi connectivity index (χ1v) is 11.8. The summed E-state index contributed by atoms with van der Waals surface area (Å²) < 4.78 is 7.42. The molecule has 1 fully saturated rings. The fourth-order valence-electron chi connectivity index (χ4n) is 3.69. The van der Waals surface area contributed by atoms with Crippen LogP contribution in [-0.2, 0) is 22.6 Å². The van der Waals surface area contributed by atoms with Gasteiger partial charge in [0.1, 0.15) is 5.82 Å². The number of thioether (sulfide) groups is 1. The molecule has 3 aromatic rings. The van der Waals surface area contributed by atoms with E-state index >= 15 is 0 Å². The van der Waals surface area contributed by atoms with E-state index in [4.69, 9.17) is 4.74 Å². The Morgan fingerprint density at radius 3 is 2.50 bits per heavy atom. The van der Waals surface area contributed by atoms with Gasteiger partial charge < -0.3 is 10.1 Å². The molecule has 1 aliphatic heterocycles. The van der Waals surface area contributed by atoms with E-state index in [-0.39, 0.29) is 11.7 Å². The molecule has 1 amide bonds. The molecule has 0 saturated carbocycles. The number of rotatable bonds is 8. The zero-order valence-corrected chi connectivity index (χ0v) is 19.4. The second kappa shape index (κ2) is 10.8. The maximum Gasteiger partial charge on any atom is 0.230 e. The summed E-state index contributed by atoms with van der Waals surface area (Å²) in [5.41, 5.74) is 4.59. The number of hydrogen-bond acceptors (Lipinski definition) is 6. The van der Waals surface area contributed by atoms with E-state index in [9.17, 15) is 4.79 Å². The van der Waals surface area contributed by atoms with E-state index in [1.165, 1.54) is 22.9 Å². The second-order valence-corrected chi connectivity index (χ2v) is 8.87. The average Bonchev–Trinajstić information content (AvgIpc) is 3.18. The Morgan fingerprint density at radius 1 is 1.03 bits per heavy atom. The zero-order valence-electron chi connectivity index (χ0n) is 18.6. The van der Waals surface area contributed by atoms with Gasteiger partial charge in [-0.1, -0.05) is 53.7 Å². The van der Waals surface area contributed by atoms with Gasteiger partial charge >= 0.3 is 0 Å². The van der Waals surface area contributed by atoms with Gasteiger partial charge in [-0.2, -0.15) is 0 Å². The average molecular weight is 452 g/mol. The van der Waals surface area contributed by atoms with Gasteiger partial charge in [-0.3, -0.25) is 14.3 Å². The fraction of sp³-hybridized carbons (Fsp3) is 0.375. The van der Waals surface area contributed by atoms with Crippen molar-refractivity contribution < 1.29 is 9.53 Å². The number of amides is 1. The monoisotopic (exact) mass is 451 g/mol. The molecule has 1 saturated heterocycles. The Morgan fingerprint density at radius 2 is 1.75 bits per heavy atom. The van der Waals surface area contributed by atoms with Crippen molar-refractivity contribution in [1.29, 1.82) is 0 Å². The van der Waals surface area contributed by atoms with Crippen molar-refractivity contribution in [2.75, 3.05) is 32.1 Å². The third-order valence-corrected chi connectivity index (χ3v) is 6.44. The van der Waals surface area contributed by atoms with Gasteiger partial charge in [-0.05, 0) is 37.1 Å². The number of ether oxygens (including phenoxy) is 1. The van der Waals surface area contributed by atoms with Crippen molar-refractivity contribution in [3.8, 4) is 5.69 Å². The van der Waals surface area contributed by atoms with E-state index < -0.39 is 0 Å². The standard InChI is InChI=1S/C24H29N5O2S/c1-18-7-9-22(10-8-18)29-19(2)26-27-24(29)32-17-23(30)25-15-20-5-3-4-6-21(20)16-28-11-13-31-14-12-28/h3-10H,11-17H2,1-2H3,(H,25,30). The van der Waals surface area contributed by atoms with Crippen LogP contribution in [0.2, 0.25) is 0 Å². The van der Waals surface area contributed by atoms with E-state index in [0.29, 0.717) is 11.7 Å². The molecule has 2 heterocycles. The molecule has 1 aromatic heterocycles. The van der Waals surface area contributed by atoms with Gasteiger partial charge in [0, 0.05) is 31.9 Å². The highest BCUT2D eigenvalue weighted by Gasteiger charge is 2.15. The molecule has 8 heteroatoms. The number of carbonyl (C=O) groups is 1. The molecule has 2 aromatic carbocycles. The molecule has 0 unspecified atom stereocenters. The smallest absolute Gasteiger partial charge is 0.230 e. The first-order valence-electron chi connectivity index (χ1n) is 10.9. The van der Waals surface area contributed by atoms with Crippen LogP contribution in [0.5, 0.6) is 0 Å². The summed E-state index contributed by atoms with van der Waals surface area (Å²) >= 11 is 1.40. The Hall–Kier alpha value is -2.68. The van der Waals surface area contributed by atoms with Crippen LogP contribution >= 0.6 is 11.8 Å². The predicted octanol–water partition coefficient (Wildman–Crippen LogP) is 3.12. The molecule has 32 heavy (non-hydrogen) atoms. The van der Waals surface area contributed by atoms with Crippen LogP contribution in [-0.4, -0.2) is 57.6 Å². The van der Waals surface area contributed by atoms with Crippen molar-refractivity contribution in [3.05, 3.63) is 71.0 Å². The maximum absolute atomic E-state index is 12.6. The molecule has 4 rings (SSSR count). The molecule has 0 radical (unpaired) electrons. The molecule has 0 bridgehead atoms. The number of carbonyl (C=O) groups excluding carboxylic acids is 1. The van der Waals surface area contributed by atoms with Crippen LogP contribution in [0, 0.1) is 13.8 Å². The van der Waals surface area contributed by atoms with Crippen molar-refractivity contribution in [2.24, 2.45) is 0 Å². The highest BCUT2D eigenvalue weighted by molar-refractivity contribution is 7.99. The van der Waals surface area contributed by atoms with Crippen LogP contribution in [0.15, 0.2) is 53.7 Å². The molecule has 1 aliphatic rings. The Kier molecular flexibility index (Phi) is 7.57. The number of hydrogen-bond donors (Lipinski definition) is 1. The number of aryl methyl sites for hydroxylation is 2. The van der Waals surface area contributed by atoms with Crippen molar-refractivity contribution in [2.45, 2.75) is 32.1 Å². The Labute approximate surface area is 193 Å². The van der Waals surface area contributed by atoms with E-state index in [2.05, 4.69) is 57.7 Å². The summed E-state index contributed by atoms with van der Waals surface area (Å²) in [6, 6.07) is 16.5. The van der Waals surface area contributed by atoms with Crippen molar-refractivity contribution in [3.63, 3.8) is 0 Å². The van der Waals surface area contributed by atoms with E-state index in [0.717, 1.165) is 49.9 Å². The minimum Gasteiger partial charge on any atom is -0.379 e. The summed E-state index contributed by atoms with van der Waals surface area (Å²) in [7, 11) is 0. The van der Waals surface area contributed by atoms with Gasteiger partial charge in [-0.15, -0.1) is 10.2 Å². The first-order chi connectivity index (χ1) is 15.6. The largest absolute Gasteiger partial charge is 0.379 e. The second-order valence-electron chi connectivity index (χ2n) is 7.92. The van der Waals surface area contributed by atoms with Gasteiger partial charge in [0.25, 0.3) is 0 Å². The van der Waals surface area contributed by atoms with Crippen LogP contribution in [0.25, 0.3) is 5.69 Å². The SMILES string of the molecule is Cc1ccc(-n2c(C)nnc2SCC(=O)NCc2ccccc2CN2CCOCC2)cc1. The van der Waals surface area contributed by atoms with Crippen molar-refractivity contribution >= 4 is 17.7 Å². The first kappa shape index (κ1) is 22.5. The molecular formula is C24H29N5O2S. The number of nitrogens with zero attached hydrogens (tertiary/aromatic N) is 4. The Balaban J connectivity index is 1.33. The molecule has 1 N–H and O–H groups in total. The quantitative estimate of drug-likeness (QED) is 0.531.